The Labute approximate surface area is 67.1 Å². The lowest BCUT2D eigenvalue weighted by Crippen LogP contribution is -2.40. The first kappa shape index (κ1) is 8.53. The first-order valence-electron chi connectivity index (χ1n) is 4.08. The average molecular weight is 157 g/mol. The van der Waals surface area contributed by atoms with Gasteiger partial charge in [0.1, 0.15) is 6.10 Å². The molecule has 0 aliphatic carbocycles. The van der Waals surface area contributed by atoms with Crippen molar-refractivity contribution in [1.29, 1.82) is 0 Å². The fourth-order valence-electron chi connectivity index (χ4n) is 1.38. The molecule has 0 amide bonds. The van der Waals surface area contributed by atoms with Gasteiger partial charge in [-0.15, -0.1) is 0 Å². The summed E-state index contributed by atoms with van der Waals surface area (Å²) >= 11 is 0. The van der Waals surface area contributed by atoms with Crippen LogP contribution in [0.4, 0.5) is 0 Å². The summed E-state index contributed by atoms with van der Waals surface area (Å²) in [5.41, 5.74) is 0. The summed E-state index contributed by atoms with van der Waals surface area (Å²) < 4.78 is 5.12. The first-order chi connectivity index (χ1) is 5.20. The molecule has 1 aliphatic heterocycles. The summed E-state index contributed by atoms with van der Waals surface area (Å²) in [6.45, 7) is 5.48. The SMILES string of the molecule is CC(=O)O[C@@H]1CCNC[C@@H]1C. The predicted octanol–water partition coefficient (Wildman–Crippen LogP) is 0.547. The summed E-state index contributed by atoms with van der Waals surface area (Å²) in [5.74, 6) is 0.288. The molecule has 0 unspecified atom stereocenters. The number of piperidine rings is 1. The van der Waals surface area contributed by atoms with E-state index < -0.39 is 0 Å². The molecule has 1 aliphatic rings. The largest absolute Gasteiger partial charge is 0.462 e. The van der Waals surface area contributed by atoms with Crippen molar-refractivity contribution in [2.24, 2.45) is 5.92 Å². The minimum absolute atomic E-state index is 0.133. The number of carbonyl (C=O) groups excluding carboxylic acids is 1. The van der Waals surface area contributed by atoms with Crippen LogP contribution in [0.1, 0.15) is 20.3 Å². The standard InChI is InChI=1S/C8H15NO2/c1-6-5-9-4-3-8(6)11-7(2)10/h6,8-9H,3-5H2,1-2H3/t6-,8+/m0/s1. The van der Waals surface area contributed by atoms with E-state index in [1.807, 2.05) is 0 Å². The topological polar surface area (TPSA) is 38.3 Å². The Kier molecular flexibility index (Phi) is 2.88. The monoisotopic (exact) mass is 157 g/mol. The van der Waals surface area contributed by atoms with Crippen molar-refractivity contribution in [3.8, 4) is 0 Å². The van der Waals surface area contributed by atoms with Crippen LogP contribution in [0.2, 0.25) is 0 Å². The number of ether oxygens (including phenoxy) is 1. The average Bonchev–Trinajstić information content (AvgIpc) is 1.93. The molecule has 1 rings (SSSR count). The molecule has 0 spiro atoms. The summed E-state index contributed by atoms with van der Waals surface area (Å²) in [7, 11) is 0. The fraction of sp³-hybridized carbons (Fsp3) is 0.875. The minimum Gasteiger partial charge on any atom is -0.462 e. The van der Waals surface area contributed by atoms with E-state index in [1.54, 1.807) is 0 Å². The van der Waals surface area contributed by atoms with Crippen LogP contribution in [0.5, 0.6) is 0 Å². The van der Waals surface area contributed by atoms with Crippen LogP contribution in [-0.4, -0.2) is 25.2 Å². The van der Waals surface area contributed by atoms with Gasteiger partial charge in [0.2, 0.25) is 0 Å². The van der Waals surface area contributed by atoms with Crippen molar-refractivity contribution in [3.63, 3.8) is 0 Å². The second-order valence-electron chi connectivity index (χ2n) is 3.12. The second-order valence-corrected chi connectivity index (χ2v) is 3.12. The molecule has 1 heterocycles. The van der Waals surface area contributed by atoms with E-state index in [0.717, 1.165) is 19.5 Å². The first-order valence-corrected chi connectivity index (χ1v) is 4.08. The summed E-state index contributed by atoms with van der Waals surface area (Å²) in [4.78, 5) is 10.6. The number of esters is 1. The molecule has 1 fully saturated rings. The van der Waals surface area contributed by atoms with Gasteiger partial charge in [-0.2, -0.15) is 0 Å². The Morgan fingerprint density at radius 2 is 2.36 bits per heavy atom. The molecule has 0 aromatic carbocycles. The van der Waals surface area contributed by atoms with Crippen molar-refractivity contribution >= 4 is 5.97 Å². The van der Waals surface area contributed by atoms with Gasteiger partial charge in [0.25, 0.3) is 0 Å². The highest BCUT2D eigenvalue weighted by atomic mass is 16.5. The van der Waals surface area contributed by atoms with Gasteiger partial charge >= 0.3 is 5.97 Å². The van der Waals surface area contributed by atoms with Crippen molar-refractivity contribution in [2.45, 2.75) is 26.4 Å². The Balaban J connectivity index is 2.35. The van der Waals surface area contributed by atoms with E-state index in [2.05, 4.69) is 12.2 Å². The molecule has 0 saturated carbocycles. The molecule has 3 heteroatoms. The Bertz CT molecular complexity index is 147. The smallest absolute Gasteiger partial charge is 0.302 e. The Hall–Kier alpha value is -0.570. The molecular weight excluding hydrogens is 142 g/mol. The van der Waals surface area contributed by atoms with Crippen LogP contribution in [0.15, 0.2) is 0 Å². The van der Waals surface area contributed by atoms with Crippen LogP contribution in [-0.2, 0) is 9.53 Å². The summed E-state index contributed by atoms with van der Waals surface area (Å²) in [6.07, 6.45) is 1.08. The molecule has 1 N–H and O–H groups in total. The lowest BCUT2D eigenvalue weighted by Gasteiger charge is -2.28. The number of hydrogen-bond donors (Lipinski definition) is 1. The lowest BCUT2D eigenvalue weighted by atomic mass is 9.98. The van der Waals surface area contributed by atoms with Crippen LogP contribution in [0.25, 0.3) is 0 Å². The zero-order chi connectivity index (χ0) is 8.27. The summed E-state index contributed by atoms with van der Waals surface area (Å²) in [5, 5.41) is 3.25. The van der Waals surface area contributed by atoms with E-state index in [-0.39, 0.29) is 12.1 Å². The van der Waals surface area contributed by atoms with Gasteiger partial charge in [-0.05, 0) is 13.0 Å². The van der Waals surface area contributed by atoms with E-state index in [9.17, 15) is 4.79 Å². The quantitative estimate of drug-likeness (QED) is 0.565. The van der Waals surface area contributed by atoms with Crippen molar-refractivity contribution < 1.29 is 9.53 Å². The molecular formula is C8H15NO2. The van der Waals surface area contributed by atoms with Crippen molar-refractivity contribution in [3.05, 3.63) is 0 Å². The highest BCUT2D eigenvalue weighted by molar-refractivity contribution is 5.66. The third kappa shape index (κ3) is 2.50. The van der Waals surface area contributed by atoms with Gasteiger partial charge in [-0.1, -0.05) is 6.92 Å². The molecule has 0 aromatic rings. The normalized spacial score (nSPS) is 31.5. The van der Waals surface area contributed by atoms with Crippen LogP contribution in [0, 0.1) is 5.92 Å². The minimum atomic E-state index is -0.163. The Morgan fingerprint density at radius 3 is 2.91 bits per heavy atom. The number of hydrogen-bond acceptors (Lipinski definition) is 3. The van der Waals surface area contributed by atoms with Gasteiger partial charge in [0.15, 0.2) is 0 Å². The van der Waals surface area contributed by atoms with E-state index in [4.69, 9.17) is 4.74 Å². The fourth-order valence-corrected chi connectivity index (χ4v) is 1.38. The van der Waals surface area contributed by atoms with Crippen LogP contribution < -0.4 is 5.32 Å². The molecule has 1 saturated heterocycles. The van der Waals surface area contributed by atoms with Crippen molar-refractivity contribution in [1.82, 2.24) is 5.32 Å². The zero-order valence-corrected chi connectivity index (χ0v) is 7.09. The van der Waals surface area contributed by atoms with Gasteiger partial charge in [0.05, 0.1) is 0 Å². The highest BCUT2D eigenvalue weighted by Crippen LogP contribution is 2.14. The number of carbonyl (C=O) groups is 1. The molecule has 11 heavy (non-hydrogen) atoms. The molecule has 2 atom stereocenters. The molecule has 0 bridgehead atoms. The summed E-state index contributed by atoms with van der Waals surface area (Å²) in [6, 6.07) is 0. The third-order valence-electron chi connectivity index (χ3n) is 2.02. The number of nitrogens with one attached hydrogen (secondary N) is 1. The highest BCUT2D eigenvalue weighted by Gasteiger charge is 2.22. The van der Waals surface area contributed by atoms with Crippen LogP contribution in [0.3, 0.4) is 0 Å². The lowest BCUT2D eigenvalue weighted by molar-refractivity contribution is -0.149. The molecule has 0 radical (unpaired) electrons. The molecule has 0 aromatic heterocycles. The maximum absolute atomic E-state index is 10.6. The van der Waals surface area contributed by atoms with E-state index >= 15 is 0 Å². The van der Waals surface area contributed by atoms with Crippen molar-refractivity contribution in [2.75, 3.05) is 13.1 Å². The predicted molar refractivity (Wildman–Crippen MR) is 42.2 cm³/mol. The van der Waals surface area contributed by atoms with E-state index in [0.29, 0.717) is 5.92 Å². The van der Waals surface area contributed by atoms with Gasteiger partial charge in [-0.3, -0.25) is 4.79 Å². The third-order valence-corrected chi connectivity index (χ3v) is 2.02. The van der Waals surface area contributed by atoms with Gasteiger partial charge in [0, 0.05) is 19.4 Å². The van der Waals surface area contributed by atoms with E-state index in [1.165, 1.54) is 6.92 Å². The van der Waals surface area contributed by atoms with Crippen LogP contribution >= 0.6 is 0 Å². The van der Waals surface area contributed by atoms with Gasteiger partial charge in [-0.25, -0.2) is 0 Å². The maximum Gasteiger partial charge on any atom is 0.302 e. The molecule has 3 nitrogen and oxygen atoms in total. The van der Waals surface area contributed by atoms with Gasteiger partial charge < -0.3 is 10.1 Å². The Morgan fingerprint density at radius 1 is 1.64 bits per heavy atom. The zero-order valence-electron chi connectivity index (χ0n) is 7.09. The molecule has 64 valence electrons. The number of rotatable bonds is 1. The second kappa shape index (κ2) is 3.72. The maximum atomic E-state index is 10.6.